The summed E-state index contributed by atoms with van der Waals surface area (Å²) < 4.78 is 5.19. The number of carbonyl (C=O) groups is 1. The Labute approximate surface area is 95.2 Å². The van der Waals surface area contributed by atoms with Crippen LogP contribution in [0.5, 0.6) is 5.75 Å². The van der Waals surface area contributed by atoms with Crippen molar-refractivity contribution in [2.24, 2.45) is 0 Å². The van der Waals surface area contributed by atoms with Crippen molar-refractivity contribution in [3.8, 4) is 5.75 Å². The molecular formula is C12H17NO3. The van der Waals surface area contributed by atoms with Crippen molar-refractivity contribution in [3.05, 3.63) is 24.3 Å². The predicted molar refractivity (Wildman–Crippen MR) is 62.9 cm³/mol. The van der Waals surface area contributed by atoms with E-state index in [2.05, 4.69) is 5.32 Å². The first-order chi connectivity index (χ1) is 7.63. The molecule has 1 aromatic carbocycles. The zero-order valence-electron chi connectivity index (χ0n) is 9.56. The Morgan fingerprint density at radius 2 is 2.19 bits per heavy atom. The van der Waals surface area contributed by atoms with Crippen LogP contribution < -0.4 is 10.1 Å². The summed E-state index contributed by atoms with van der Waals surface area (Å²) in [5.74, 6) is -0.00153. The molecule has 16 heavy (non-hydrogen) atoms. The van der Waals surface area contributed by atoms with Gasteiger partial charge in [0.15, 0.2) is 0 Å². The standard InChI is InChI=1S/C12H17NO3/c1-9(7-8-12(14)15)13-10-5-3-4-6-11(10)16-2/h3-6,9,13H,7-8H2,1-2H3,(H,14,15). The molecule has 0 aliphatic heterocycles. The first kappa shape index (κ1) is 12.4. The molecule has 0 spiro atoms. The van der Waals surface area contributed by atoms with Crippen molar-refractivity contribution in [1.29, 1.82) is 0 Å². The smallest absolute Gasteiger partial charge is 0.303 e. The zero-order chi connectivity index (χ0) is 12.0. The largest absolute Gasteiger partial charge is 0.495 e. The lowest BCUT2D eigenvalue weighted by Crippen LogP contribution is -2.17. The Bertz CT molecular complexity index is 352. The highest BCUT2D eigenvalue weighted by atomic mass is 16.5. The lowest BCUT2D eigenvalue weighted by Gasteiger charge is -2.16. The number of anilines is 1. The summed E-state index contributed by atoms with van der Waals surface area (Å²) in [5, 5.41) is 11.8. The molecule has 1 aromatic rings. The van der Waals surface area contributed by atoms with Crippen molar-refractivity contribution in [1.82, 2.24) is 0 Å². The van der Waals surface area contributed by atoms with Crippen molar-refractivity contribution in [2.45, 2.75) is 25.8 Å². The first-order valence-corrected chi connectivity index (χ1v) is 5.25. The third-order valence-electron chi connectivity index (χ3n) is 2.30. The summed E-state index contributed by atoms with van der Waals surface area (Å²) in [6, 6.07) is 7.69. The number of ether oxygens (including phenoxy) is 1. The highest BCUT2D eigenvalue weighted by molar-refractivity contribution is 5.66. The van der Waals surface area contributed by atoms with Crippen LogP contribution >= 0.6 is 0 Å². The molecule has 1 unspecified atom stereocenters. The van der Waals surface area contributed by atoms with Gasteiger partial charge in [-0.2, -0.15) is 0 Å². The van der Waals surface area contributed by atoms with E-state index < -0.39 is 5.97 Å². The minimum absolute atomic E-state index is 0.104. The Hall–Kier alpha value is -1.71. The van der Waals surface area contributed by atoms with Crippen LogP contribution in [0.3, 0.4) is 0 Å². The van der Waals surface area contributed by atoms with E-state index in [1.807, 2.05) is 31.2 Å². The maximum atomic E-state index is 10.4. The SMILES string of the molecule is COc1ccccc1NC(C)CCC(=O)O. The Kier molecular flexibility index (Phi) is 4.64. The van der Waals surface area contributed by atoms with Crippen LogP contribution in [-0.4, -0.2) is 24.2 Å². The second-order valence-corrected chi connectivity index (χ2v) is 3.68. The molecule has 1 atom stereocenters. The summed E-state index contributed by atoms with van der Waals surface area (Å²) in [5.41, 5.74) is 0.892. The summed E-state index contributed by atoms with van der Waals surface area (Å²) in [7, 11) is 1.61. The monoisotopic (exact) mass is 223 g/mol. The Morgan fingerprint density at radius 3 is 2.81 bits per heavy atom. The number of carboxylic acids is 1. The number of hydrogen-bond donors (Lipinski definition) is 2. The minimum Gasteiger partial charge on any atom is -0.495 e. The quantitative estimate of drug-likeness (QED) is 0.777. The molecule has 0 bridgehead atoms. The molecule has 0 heterocycles. The van der Waals surface area contributed by atoms with Gasteiger partial charge in [-0.1, -0.05) is 12.1 Å². The van der Waals surface area contributed by atoms with Gasteiger partial charge >= 0.3 is 5.97 Å². The highest BCUT2D eigenvalue weighted by Gasteiger charge is 2.07. The molecule has 0 fully saturated rings. The molecule has 0 amide bonds. The number of rotatable bonds is 6. The molecule has 0 aliphatic rings. The van der Waals surface area contributed by atoms with Gasteiger partial charge in [-0.05, 0) is 25.5 Å². The van der Waals surface area contributed by atoms with E-state index in [0.29, 0.717) is 6.42 Å². The topological polar surface area (TPSA) is 58.6 Å². The predicted octanol–water partition coefficient (Wildman–Crippen LogP) is 2.36. The van der Waals surface area contributed by atoms with Gasteiger partial charge in [0.05, 0.1) is 12.8 Å². The van der Waals surface area contributed by atoms with Crippen molar-refractivity contribution in [3.63, 3.8) is 0 Å². The molecule has 0 aliphatic carbocycles. The van der Waals surface area contributed by atoms with Crippen LogP contribution in [-0.2, 0) is 4.79 Å². The van der Waals surface area contributed by atoms with E-state index in [1.54, 1.807) is 7.11 Å². The highest BCUT2D eigenvalue weighted by Crippen LogP contribution is 2.24. The van der Waals surface area contributed by atoms with Gasteiger partial charge in [-0.15, -0.1) is 0 Å². The second kappa shape index (κ2) is 6.00. The lowest BCUT2D eigenvalue weighted by molar-refractivity contribution is -0.137. The van der Waals surface area contributed by atoms with Gasteiger partial charge in [0.1, 0.15) is 5.75 Å². The summed E-state index contributed by atoms with van der Waals surface area (Å²) in [4.78, 5) is 10.4. The van der Waals surface area contributed by atoms with Crippen LogP contribution in [0.4, 0.5) is 5.69 Å². The summed E-state index contributed by atoms with van der Waals surface area (Å²) in [6.45, 7) is 1.95. The van der Waals surface area contributed by atoms with Gasteiger partial charge in [-0.25, -0.2) is 0 Å². The molecule has 4 heteroatoms. The molecule has 0 aromatic heterocycles. The fraction of sp³-hybridized carbons (Fsp3) is 0.417. The van der Waals surface area contributed by atoms with Gasteiger partial charge in [0.25, 0.3) is 0 Å². The van der Waals surface area contributed by atoms with Crippen LogP contribution in [0.15, 0.2) is 24.3 Å². The number of para-hydroxylation sites is 2. The van der Waals surface area contributed by atoms with E-state index in [-0.39, 0.29) is 12.5 Å². The summed E-state index contributed by atoms with van der Waals surface area (Å²) >= 11 is 0. The maximum Gasteiger partial charge on any atom is 0.303 e. The van der Waals surface area contributed by atoms with E-state index in [1.165, 1.54) is 0 Å². The van der Waals surface area contributed by atoms with Crippen molar-refractivity contribution < 1.29 is 14.6 Å². The molecule has 0 saturated heterocycles. The maximum absolute atomic E-state index is 10.4. The third-order valence-corrected chi connectivity index (χ3v) is 2.30. The van der Waals surface area contributed by atoms with E-state index in [0.717, 1.165) is 11.4 Å². The molecule has 1 rings (SSSR count). The molecule has 0 saturated carbocycles. The van der Waals surface area contributed by atoms with Crippen molar-refractivity contribution in [2.75, 3.05) is 12.4 Å². The number of aliphatic carboxylic acids is 1. The second-order valence-electron chi connectivity index (χ2n) is 3.68. The van der Waals surface area contributed by atoms with E-state index in [9.17, 15) is 4.79 Å². The minimum atomic E-state index is -0.770. The average Bonchev–Trinajstić information content (AvgIpc) is 2.27. The van der Waals surface area contributed by atoms with Crippen LogP contribution in [0.1, 0.15) is 19.8 Å². The van der Waals surface area contributed by atoms with Crippen LogP contribution in [0, 0.1) is 0 Å². The first-order valence-electron chi connectivity index (χ1n) is 5.25. The van der Waals surface area contributed by atoms with Crippen LogP contribution in [0.25, 0.3) is 0 Å². The van der Waals surface area contributed by atoms with E-state index >= 15 is 0 Å². The van der Waals surface area contributed by atoms with Gasteiger partial charge < -0.3 is 15.2 Å². The Morgan fingerprint density at radius 1 is 1.50 bits per heavy atom. The number of methoxy groups -OCH3 is 1. The fourth-order valence-corrected chi connectivity index (χ4v) is 1.44. The number of hydrogen-bond acceptors (Lipinski definition) is 3. The number of nitrogens with one attached hydrogen (secondary N) is 1. The average molecular weight is 223 g/mol. The Balaban J connectivity index is 2.55. The van der Waals surface area contributed by atoms with Gasteiger partial charge in [-0.3, -0.25) is 4.79 Å². The van der Waals surface area contributed by atoms with Crippen molar-refractivity contribution >= 4 is 11.7 Å². The zero-order valence-corrected chi connectivity index (χ0v) is 9.56. The van der Waals surface area contributed by atoms with Gasteiger partial charge in [0, 0.05) is 12.5 Å². The molecule has 88 valence electrons. The van der Waals surface area contributed by atoms with Gasteiger partial charge in [0.2, 0.25) is 0 Å². The fourth-order valence-electron chi connectivity index (χ4n) is 1.44. The normalized spacial score (nSPS) is 11.9. The lowest BCUT2D eigenvalue weighted by atomic mass is 10.1. The number of carboxylic acid groups (broad SMARTS) is 1. The molecule has 4 nitrogen and oxygen atoms in total. The van der Waals surface area contributed by atoms with E-state index in [4.69, 9.17) is 9.84 Å². The molecule has 0 radical (unpaired) electrons. The summed E-state index contributed by atoms with van der Waals surface area (Å²) in [6.07, 6.45) is 0.761. The van der Waals surface area contributed by atoms with Crippen LogP contribution in [0.2, 0.25) is 0 Å². The molecular weight excluding hydrogens is 206 g/mol. The molecule has 2 N–H and O–H groups in total. The number of benzene rings is 1. The third kappa shape index (κ3) is 3.81.